The first-order chi connectivity index (χ1) is 63.8. The molecule has 134 heavy (non-hydrogen) atoms. The third-order valence-corrected chi connectivity index (χ3v) is 24.1. The second kappa shape index (κ2) is 62.8. The minimum Gasteiger partial charge on any atom is -0.289 e. The van der Waals surface area contributed by atoms with E-state index < -0.39 is 45.9 Å². The highest BCUT2D eigenvalue weighted by atomic mass is 32.2. The molecular weight excluding hydrogens is 1770 g/mol. The van der Waals surface area contributed by atoms with Gasteiger partial charge in [-0.05, 0) is 250 Å². The topological polar surface area (TPSA) is 331 Å². The zero-order chi connectivity index (χ0) is 103. The highest BCUT2D eigenvalue weighted by molar-refractivity contribution is 7.93. The van der Waals surface area contributed by atoms with E-state index in [1.807, 2.05) is 228 Å². The predicted molar refractivity (Wildman–Crippen MR) is 551 cm³/mol. The van der Waals surface area contributed by atoms with Crippen molar-refractivity contribution in [2.24, 2.45) is 0 Å². The molecule has 0 amide bonds. The van der Waals surface area contributed by atoms with Crippen molar-refractivity contribution in [1.29, 1.82) is 0 Å². The number of hydrogen-bond acceptors (Lipinski definition) is 18. The first-order valence-electron chi connectivity index (χ1n) is 45.5. The molecule has 0 aliphatic carbocycles. The van der Waals surface area contributed by atoms with Gasteiger partial charge in [-0.25, -0.2) is 43.6 Å². The summed E-state index contributed by atoms with van der Waals surface area (Å²) in [6, 6.07) is 49.3. The Labute approximate surface area is 802 Å². The molecule has 12 aromatic rings. The highest BCUT2D eigenvalue weighted by Crippen LogP contribution is 2.32. The number of aromatic nitrogens is 6. The van der Waals surface area contributed by atoms with Crippen LogP contribution in [-0.2, 0) is 40.1 Å². The van der Waals surface area contributed by atoms with Crippen molar-refractivity contribution < 1.29 is 72.0 Å². The summed E-state index contributed by atoms with van der Waals surface area (Å²) in [5, 5.41) is 7.56. The second-order valence-electron chi connectivity index (χ2n) is 27.3. The molecule has 4 heterocycles. The number of ketones is 4. The van der Waals surface area contributed by atoms with Gasteiger partial charge in [-0.1, -0.05) is 209 Å². The maximum Gasteiger partial charge on any atom is 0.261 e. The molecule has 4 N–H and O–H groups in total. The molecule has 12 rings (SSSR count). The lowest BCUT2D eigenvalue weighted by molar-refractivity contribution is -0.889. The maximum absolute atomic E-state index is 13.3. The minimum atomic E-state index is -3.85. The molecule has 0 aliphatic rings. The van der Waals surface area contributed by atoms with Crippen molar-refractivity contribution in [2.45, 2.75) is 255 Å². The van der Waals surface area contributed by atoms with E-state index in [9.17, 15) is 52.8 Å². The van der Waals surface area contributed by atoms with Gasteiger partial charge in [-0.2, -0.15) is 5.10 Å². The number of anilines is 4. The van der Waals surface area contributed by atoms with Crippen LogP contribution in [0.5, 0.6) is 0 Å². The van der Waals surface area contributed by atoms with Crippen molar-refractivity contribution in [3.8, 4) is 0 Å². The van der Waals surface area contributed by atoms with E-state index in [0.717, 1.165) is 78.0 Å². The molecule has 8 aromatic carbocycles. The van der Waals surface area contributed by atoms with Crippen LogP contribution in [-0.4, -0.2) is 91.2 Å². The molecule has 0 unspecified atom stereocenters. The van der Waals surface area contributed by atoms with E-state index in [0.29, 0.717) is 22.3 Å². The fraction of sp³-hybridized carbons (Fsp3) is 0.340. The van der Waals surface area contributed by atoms with Crippen LogP contribution in [0.4, 0.5) is 22.7 Å². The molecule has 0 fully saturated rings. The van der Waals surface area contributed by atoms with Crippen molar-refractivity contribution in [2.75, 3.05) is 33.1 Å². The third-order valence-electron chi connectivity index (χ3n) is 18.6. The average Bonchev–Trinajstić information content (AvgIpc) is 0.802. The Bertz CT molecular complexity index is 5950. The molecule has 0 saturated heterocycles. The monoisotopic (exact) mass is 1910 g/mol. The van der Waals surface area contributed by atoms with E-state index in [-0.39, 0.29) is 82.2 Å². The van der Waals surface area contributed by atoms with Crippen LogP contribution in [0, 0.1) is 96.9 Å². The first kappa shape index (κ1) is 124. The van der Waals surface area contributed by atoms with Crippen molar-refractivity contribution in [3.05, 3.63) is 342 Å². The molecule has 0 aliphatic heterocycles. The van der Waals surface area contributed by atoms with Gasteiger partial charge >= 0.3 is 0 Å². The van der Waals surface area contributed by atoms with Crippen molar-refractivity contribution >= 4 is 86.0 Å². The second-order valence-corrected chi connectivity index (χ2v) is 34.0. The van der Waals surface area contributed by atoms with Gasteiger partial charge in [-0.3, -0.25) is 47.7 Å². The van der Waals surface area contributed by atoms with E-state index in [1.54, 1.807) is 177 Å². The first-order valence-corrected chi connectivity index (χ1v) is 51.4. The summed E-state index contributed by atoms with van der Waals surface area (Å²) < 4.78 is 116. The Morgan fingerprint density at radius 3 is 0.866 bits per heavy atom. The normalized spacial score (nSPS) is 10.0. The fourth-order valence-electron chi connectivity index (χ4n) is 11.4. The highest BCUT2D eigenvalue weighted by Gasteiger charge is 2.28. The largest absolute Gasteiger partial charge is 0.289 e. The molecule has 0 bridgehead atoms. The van der Waals surface area contributed by atoms with Gasteiger partial charge in [0, 0.05) is 85.9 Å². The molecule has 28 heteroatoms. The summed E-state index contributed by atoms with van der Waals surface area (Å²) in [6.07, 6.45) is 9.21. The molecular formula is C106H148N10O14S4+2. The van der Waals surface area contributed by atoms with Crippen LogP contribution in [0.25, 0.3) is 0 Å². The van der Waals surface area contributed by atoms with Crippen LogP contribution in [0.3, 0.4) is 0 Å². The van der Waals surface area contributed by atoms with Gasteiger partial charge in [0.05, 0.1) is 42.3 Å². The zero-order valence-corrected chi connectivity index (χ0v) is 89.1. The standard InChI is InChI=1S/2C23H24N2O4S.2C20H19N3O3S.10C2H6/c1-15-6-8-20(9-7-15)30(27,28)24-22-13-17(3)16(2)12-21(22)23(26)19-10-11-25(29-5)18(4)14-19;1-15-6-8-19(9-7-15)30(27,28)24-22-13-17(3)16(2)12-21(22)23(26)20-10-11-25(29-5)14-18(20)4;1-13-4-6-16(7-5-13)27(25,26)23-19-11-15(3)14(2)10-17(19)20(24)18-8-9-21-12-22-18;1-13-6-8-16(9-7-13)27(25,26)23-19-12-15(3)14(2)11-17(19)20(24)18-5-4-10-21-22-18;10*1-2/h2*6-14H,1-5H3;2*4-12,23H,1-3H3;10*1-2H3/p+2. The number of benzene rings is 8. The number of aryl methyl sites for hydroxylation is 14. The summed E-state index contributed by atoms with van der Waals surface area (Å²) in [5.74, 6) is -1.30. The minimum absolute atomic E-state index is 0.129. The molecule has 0 radical (unpaired) electrons. The Balaban J connectivity index is 0. The number of hydrogen-bond donors (Lipinski definition) is 4. The SMILES string of the molecule is CC.CC.CC.CC.CC.CC.CC.CC.CC.CC.CO[n+]1ccc(C(=O)c2cc(C)c(C)cc2NS(=O)(=O)c2ccc(C)cc2)c(C)c1.CO[n+]1ccc(C(=O)c2cc(C)c(C)cc2NS(=O)(=O)c2ccc(C)cc2)cc1C.Cc1ccc(S(=O)(=O)Nc2cc(C)c(C)cc2C(=O)c2cccnn2)cc1.Cc1ccc(S(=O)(=O)Nc2cc(C)c(C)cc2C(=O)c2ccncn2)cc1. The van der Waals surface area contributed by atoms with Crippen LogP contribution in [0.1, 0.15) is 280 Å². The smallest absolute Gasteiger partial charge is 0.261 e. The number of sulfonamides is 4. The summed E-state index contributed by atoms with van der Waals surface area (Å²) in [5.41, 5.74) is 15.6. The Kier molecular flexibility index (Phi) is 57.9. The number of carbonyl (C=O) groups is 4. The zero-order valence-electron chi connectivity index (χ0n) is 85.8. The molecule has 0 spiro atoms. The number of nitrogens with one attached hydrogen (secondary N) is 4. The van der Waals surface area contributed by atoms with Gasteiger partial charge in [0.2, 0.25) is 35.9 Å². The van der Waals surface area contributed by atoms with Gasteiger partial charge in [0.15, 0.2) is 11.6 Å². The fourth-order valence-corrected chi connectivity index (χ4v) is 15.6. The quantitative estimate of drug-likeness (QED) is 0.0362. The average molecular weight is 1910 g/mol. The van der Waals surface area contributed by atoms with Crippen molar-refractivity contribution in [1.82, 2.24) is 20.2 Å². The Hall–Kier alpha value is -12.5. The third kappa shape index (κ3) is 36.8. The van der Waals surface area contributed by atoms with E-state index in [4.69, 9.17) is 9.68 Å². The lowest BCUT2D eigenvalue weighted by atomic mass is 9.96. The van der Waals surface area contributed by atoms with Crippen LogP contribution in [0.2, 0.25) is 0 Å². The molecule has 0 atom stereocenters. The molecule has 728 valence electrons. The number of pyridine rings is 2. The van der Waals surface area contributed by atoms with E-state index >= 15 is 0 Å². The van der Waals surface area contributed by atoms with Crippen molar-refractivity contribution in [3.63, 3.8) is 0 Å². The Morgan fingerprint density at radius 2 is 0.597 bits per heavy atom. The lowest BCUT2D eigenvalue weighted by Crippen LogP contribution is -2.43. The summed E-state index contributed by atoms with van der Waals surface area (Å²) in [4.78, 5) is 71.0. The lowest BCUT2D eigenvalue weighted by Gasteiger charge is -2.15. The van der Waals surface area contributed by atoms with E-state index in [1.165, 1.54) is 72.7 Å². The van der Waals surface area contributed by atoms with Crippen LogP contribution >= 0.6 is 0 Å². The number of rotatable bonds is 22. The molecule has 4 aromatic heterocycles. The maximum atomic E-state index is 13.3. The van der Waals surface area contributed by atoms with Gasteiger partial charge in [0.1, 0.15) is 31.9 Å². The summed E-state index contributed by atoms with van der Waals surface area (Å²) >= 11 is 0. The molecule has 0 saturated carbocycles. The van der Waals surface area contributed by atoms with E-state index in [2.05, 4.69) is 39.1 Å². The number of carbonyl (C=O) groups excluding carboxylic acids is 4. The predicted octanol–water partition coefficient (Wildman–Crippen LogP) is 23.7. The van der Waals surface area contributed by atoms with Gasteiger partial charge < -0.3 is 0 Å². The summed E-state index contributed by atoms with van der Waals surface area (Å²) in [6.45, 7) is 66.1. The summed E-state index contributed by atoms with van der Waals surface area (Å²) in [7, 11) is -12.3. The number of nitrogens with zero attached hydrogens (tertiary/aromatic N) is 6. The van der Waals surface area contributed by atoms with Crippen LogP contribution in [0.15, 0.2) is 239 Å². The van der Waals surface area contributed by atoms with Gasteiger partial charge in [-0.15, -0.1) is 5.10 Å². The Morgan fingerprint density at radius 1 is 0.299 bits per heavy atom. The molecule has 24 nitrogen and oxygen atoms in total. The van der Waals surface area contributed by atoms with Crippen LogP contribution < -0.4 is 38.0 Å². The van der Waals surface area contributed by atoms with Gasteiger partial charge in [0.25, 0.3) is 40.1 Å².